The highest BCUT2D eigenvalue weighted by atomic mass is 32.2. The van der Waals surface area contributed by atoms with Gasteiger partial charge in [-0.2, -0.15) is 0 Å². The summed E-state index contributed by atoms with van der Waals surface area (Å²) in [6.45, 7) is 5.24. The highest BCUT2D eigenvalue weighted by Gasteiger charge is 2.19. The minimum atomic E-state index is -3.37. The maximum atomic E-state index is 12.0. The molecule has 0 saturated heterocycles. The number of rotatable bonds is 4. The molecule has 1 aromatic rings. The summed E-state index contributed by atoms with van der Waals surface area (Å²) >= 11 is 0. The molecular weight excluding hydrogens is 224 g/mol. The van der Waals surface area contributed by atoms with Gasteiger partial charge in [0.2, 0.25) is 0 Å². The van der Waals surface area contributed by atoms with Gasteiger partial charge in [0.1, 0.15) is 0 Å². The van der Waals surface area contributed by atoms with Gasteiger partial charge >= 0.3 is 0 Å². The minimum Gasteiger partial charge on any atom is -0.392 e. The average Bonchev–Trinajstić information content (AvgIpc) is 2.16. The van der Waals surface area contributed by atoms with Crippen molar-refractivity contribution in [1.29, 1.82) is 0 Å². The number of aliphatic hydroxyl groups excluding tert-OH is 1. The third kappa shape index (κ3) is 3.06. The van der Waals surface area contributed by atoms with Gasteiger partial charge in [0.05, 0.1) is 16.8 Å². The third-order valence-corrected chi connectivity index (χ3v) is 4.49. The second kappa shape index (κ2) is 4.97. The molecule has 16 heavy (non-hydrogen) atoms. The van der Waals surface area contributed by atoms with Crippen molar-refractivity contribution in [3.8, 4) is 0 Å². The van der Waals surface area contributed by atoms with Crippen molar-refractivity contribution < 1.29 is 13.5 Å². The molecule has 0 unspecified atom stereocenters. The van der Waals surface area contributed by atoms with E-state index in [0.29, 0.717) is 4.90 Å². The summed E-state index contributed by atoms with van der Waals surface area (Å²) in [5, 5.41) is 9.19. The van der Waals surface area contributed by atoms with Crippen molar-refractivity contribution in [2.75, 3.05) is 5.75 Å². The highest BCUT2D eigenvalue weighted by molar-refractivity contribution is 7.91. The summed E-state index contributed by atoms with van der Waals surface area (Å²) in [4.78, 5) is 0.341. The van der Waals surface area contributed by atoms with E-state index in [2.05, 4.69) is 0 Å². The average molecular weight is 242 g/mol. The number of aliphatic hydroxyl groups is 1. The molecule has 0 amide bonds. The van der Waals surface area contributed by atoms with E-state index in [0.717, 1.165) is 17.5 Å². The van der Waals surface area contributed by atoms with E-state index < -0.39 is 15.9 Å². The Balaban J connectivity index is 3.21. The lowest BCUT2D eigenvalue weighted by molar-refractivity contribution is 0.218. The van der Waals surface area contributed by atoms with Gasteiger partial charge < -0.3 is 5.11 Å². The van der Waals surface area contributed by atoms with E-state index in [1.165, 1.54) is 6.92 Å². The smallest absolute Gasteiger partial charge is 0.181 e. The van der Waals surface area contributed by atoms with Crippen LogP contribution in [-0.2, 0) is 16.3 Å². The molecule has 0 aliphatic carbocycles. The Morgan fingerprint density at radius 3 is 2.50 bits per heavy atom. The Hall–Kier alpha value is -0.870. The largest absolute Gasteiger partial charge is 0.392 e. The van der Waals surface area contributed by atoms with Gasteiger partial charge in [-0.25, -0.2) is 8.42 Å². The zero-order chi connectivity index (χ0) is 12.3. The number of hydrogen-bond donors (Lipinski definition) is 1. The van der Waals surface area contributed by atoms with Gasteiger partial charge in [-0.3, -0.25) is 0 Å². The van der Waals surface area contributed by atoms with Gasteiger partial charge in [0, 0.05) is 0 Å². The Morgan fingerprint density at radius 2 is 2.00 bits per heavy atom. The first-order valence-electron chi connectivity index (χ1n) is 5.37. The zero-order valence-electron chi connectivity index (χ0n) is 9.90. The molecule has 4 heteroatoms. The Morgan fingerprint density at radius 1 is 1.38 bits per heavy atom. The molecular formula is C12H18O3S. The van der Waals surface area contributed by atoms with Crippen LogP contribution in [0, 0.1) is 6.92 Å². The van der Waals surface area contributed by atoms with E-state index in [4.69, 9.17) is 0 Å². The summed E-state index contributed by atoms with van der Waals surface area (Å²) in [5.74, 6) is -0.221. The molecule has 0 aromatic heterocycles. The van der Waals surface area contributed by atoms with E-state index >= 15 is 0 Å². The quantitative estimate of drug-likeness (QED) is 0.874. The van der Waals surface area contributed by atoms with Crippen LogP contribution in [0.5, 0.6) is 0 Å². The van der Waals surface area contributed by atoms with E-state index in [1.54, 1.807) is 13.0 Å². The van der Waals surface area contributed by atoms with E-state index in [9.17, 15) is 13.5 Å². The Kier molecular flexibility index (Phi) is 4.10. The first-order valence-corrected chi connectivity index (χ1v) is 7.02. The number of sulfone groups is 1. The van der Waals surface area contributed by atoms with Crippen molar-refractivity contribution in [3.63, 3.8) is 0 Å². The fourth-order valence-corrected chi connectivity index (χ4v) is 3.31. The van der Waals surface area contributed by atoms with Crippen LogP contribution in [0.25, 0.3) is 0 Å². The monoisotopic (exact) mass is 242 g/mol. The SMILES string of the molecule is CCc1ccc(C)c(S(=O)(=O)C[C@@H](C)O)c1. The van der Waals surface area contributed by atoms with Crippen LogP contribution in [0.1, 0.15) is 25.0 Å². The number of benzene rings is 1. The summed E-state index contributed by atoms with van der Waals surface area (Å²) in [6.07, 6.45) is -0.0352. The molecule has 0 heterocycles. The van der Waals surface area contributed by atoms with Crippen LogP contribution in [0.3, 0.4) is 0 Å². The molecule has 1 aromatic carbocycles. The normalized spacial score (nSPS) is 13.8. The van der Waals surface area contributed by atoms with Crippen LogP contribution in [-0.4, -0.2) is 25.4 Å². The summed E-state index contributed by atoms with van der Waals surface area (Å²) in [5.41, 5.74) is 1.73. The predicted octanol–water partition coefficient (Wildman–Crippen LogP) is 1.71. The molecule has 0 spiro atoms. The van der Waals surface area contributed by atoms with Gasteiger partial charge in [0.25, 0.3) is 0 Å². The summed E-state index contributed by atoms with van der Waals surface area (Å²) < 4.78 is 23.9. The first-order chi connectivity index (χ1) is 7.36. The molecule has 90 valence electrons. The Labute approximate surface area is 97.0 Å². The molecule has 0 radical (unpaired) electrons. The fourth-order valence-electron chi connectivity index (χ4n) is 1.61. The lowest BCUT2D eigenvalue weighted by atomic mass is 10.1. The molecule has 0 aliphatic rings. The molecule has 0 saturated carbocycles. The predicted molar refractivity (Wildman–Crippen MR) is 64.3 cm³/mol. The number of hydrogen-bond acceptors (Lipinski definition) is 3. The van der Waals surface area contributed by atoms with Crippen molar-refractivity contribution in [2.24, 2.45) is 0 Å². The standard InChI is InChI=1S/C12H18O3S/c1-4-11-6-5-9(2)12(7-11)16(14,15)8-10(3)13/h5-7,10,13H,4,8H2,1-3H3/t10-/m1/s1. The summed E-state index contributed by atoms with van der Waals surface area (Å²) in [6, 6.07) is 5.44. The van der Waals surface area contributed by atoms with Crippen LogP contribution in [0.2, 0.25) is 0 Å². The lowest BCUT2D eigenvalue weighted by Gasteiger charge is -2.10. The lowest BCUT2D eigenvalue weighted by Crippen LogP contribution is -2.18. The summed E-state index contributed by atoms with van der Waals surface area (Å²) in [7, 11) is -3.37. The first kappa shape index (κ1) is 13.2. The molecule has 0 fully saturated rings. The van der Waals surface area contributed by atoms with Crippen molar-refractivity contribution in [1.82, 2.24) is 0 Å². The van der Waals surface area contributed by atoms with E-state index in [1.807, 2.05) is 19.1 Å². The van der Waals surface area contributed by atoms with Crippen LogP contribution >= 0.6 is 0 Å². The van der Waals surface area contributed by atoms with E-state index in [-0.39, 0.29) is 5.75 Å². The highest BCUT2D eigenvalue weighted by Crippen LogP contribution is 2.19. The van der Waals surface area contributed by atoms with Crippen molar-refractivity contribution in [2.45, 2.75) is 38.2 Å². The fraction of sp³-hybridized carbons (Fsp3) is 0.500. The molecule has 1 atom stereocenters. The molecule has 0 bridgehead atoms. The number of aryl methyl sites for hydroxylation is 2. The van der Waals surface area contributed by atoms with Crippen LogP contribution in [0.4, 0.5) is 0 Å². The maximum Gasteiger partial charge on any atom is 0.181 e. The second-order valence-electron chi connectivity index (χ2n) is 4.08. The van der Waals surface area contributed by atoms with Gasteiger partial charge in [-0.1, -0.05) is 19.1 Å². The second-order valence-corrected chi connectivity index (χ2v) is 6.09. The maximum absolute atomic E-state index is 12.0. The van der Waals surface area contributed by atoms with Gasteiger partial charge in [-0.15, -0.1) is 0 Å². The van der Waals surface area contributed by atoms with Crippen LogP contribution < -0.4 is 0 Å². The Bertz CT molecular complexity index is 461. The molecule has 3 nitrogen and oxygen atoms in total. The minimum absolute atomic E-state index is 0.221. The molecule has 1 rings (SSSR count). The van der Waals surface area contributed by atoms with Gasteiger partial charge in [-0.05, 0) is 37.5 Å². The van der Waals surface area contributed by atoms with Crippen LogP contribution in [0.15, 0.2) is 23.1 Å². The topological polar surface area (TPSA) is 54.4 Å². The molecule has 1 N–H and O–H groups in total. The zero-order valence-corrected chi connectivity index (χ0v) is 10.7. The third-order valence-electron chi connectivity index (χ3n) is 2.46. The van der Waals surface area contributed by atoms with Gasteiger partial charge in [0.15, 0.2) is 9.84 Å². The van der Waals surface area contributed by atoms with Crippen molar-refractivity contribution >= 4 is 9.84 Å². The van der Waals surface area contributed by atoms with Crippen molar-refractivity contribution in [3.05, 3.63) is 29.3 Å². The molecule has 0 aliphatic heterocycles.